The number of hydrogen-bond acceptors (Lipinski definition) is 3. The van der Waals surface area contributed by atoms with Gasteiger partial charge in [-0.2, -0.15) is 0 Å². The van der Waals surface area contributed by atoms with Crippen LogP contribution in [0.4, 0.5) is 0 Å². The smallest absolute Gasteiger partial charge is 0.0893 e. The third-order valence-corrected chi connectivity index (χ3v) is 3.64. The minimum absolute atomic E-state index is 0.532. The molecular weight excluding hydrogens is 190 g/mol. The lowest BCUT2D eigenvalue weighted by Gasteiger charge is -2.35. The summed E-state index contributed by atoms with van der Waals surface area (Å²) < 4.78 is 5.36. The molecule has 0 bridgehead atoms. The summed E-state index contributed by atoms with van der Waals surface area (Å²) in [7, 11) is 0. The van der Waals surface area contributed by atoms with E-state index in [2.05, 4.69) is 4.90 Å². The van der Waals surface area contributed by atoms with E-state index >= 15 is 0 Å². The van der Waals surface area contributed by atoms with Crippen LogP contribution in [0, 0.1) is 0 Å². The van der Waals surface area contributed by atoms with Crippen LogP contribution in [0.15, 0.2) is 0 Å². The molecule has 0 saturated carbocycles. The number of ether oxygens (including phenoxy) is 1. The Labute approximate surface area is 92.4 Å². The van der Waals surface area contributed by atoms with Crippen molar-refractivity contribution >= 4 is 0 Å². The second-order valence-corrected chi connectivity index (χ2v) is 5.03. The lowest BCUT2D eigenvalue weighted by molar-refractivity contribution is -0.0932. The monoisotopic (exact) mass is 213 g/mol. The SMILES string of the molecule is OC1(CCN2CCCCC2)CCCOC1. The standard InChI is InChI=1S/C12H23NO2/c14-12(5-4-10-15-11-12)6-9-13-7-2-1-3-8-13/h14H,1-11H2. The van der Waals surface area contributed by atoms with Crippen molar-refractivity contribution < 1.29 is 9.84 Å². The van der Waals surface area contributed by atoms with E-state index in [4.69, 9.17) is 4.74 Å². The molecule has 3 heteroatoms. The fourth-order valence-corrected chi connectivity index (χ4v) is 2.58. The summed E-state index contributed by atoms with van der Waals surface area (Å²) in [6.45, 7) is 4.85. The average molecular weight is 213 g/mol. The van der Waals surface area contributed by atoms with Gasteiger partial charge in [-0.15, -0.1) is 0 Å². The van der Waals surface area contributed by atoms with E-state index in [-0.39, 0.29) is 0 Å². The first-order valence-electron chi connectivity index (χ1n) is 6.31. The summed E-state index contributed by atoms with van der Waals surface area (Å²) >= 11 is 0. The summed E-state index contributed by atoms with van der Waals surface area (Å²) in [5, 5.41) is 10.3. The molecular formula is C12H23NO2. The molecule has 2 heterocycles. The lowest BCUT2D eigenvalue weighted by Crippen LogP contribution is -2.42. The quantitative estimate of drug-likeness (QED) is 0.769. The molecule has 1 unspecified atom stereocenters. The van der Waals surface area contributed by atoms with Gasteiger partial charge in [0.15, 0.2) is 0 Å². The van der Waals surface area contributed by atoms with Crippen LogP contribution in [-0.4, -0.2) is 48.5 Å². The van der Waals surface area contributed by atoms with Gasteiger partial charge in [0, 0.05) is 13.2 Å². The van der Waals surface area contributed by atoms with E-state index in [0.717, 1.165) is 32.4 Å². The molecule has 0 aromatic carbocycles. The summed E-state index contributed by atoms with van der Waals surface area (Å²) in [4.78, 5) is 2.48. The van der Waals surface area contributed by atoms with E-state index in [1.165, 1.54) is 32.4 Å². The first-order chi connectivity index (χ1) is 7.29. The fraction of sp³-hybridized carbons (Fsp3) is 1.00. The Morgan fingerprint density at radius 3 is 2.60 bits per heavy atom. The molecule has 2 fully saturated rings. The molecule has 0 radical (unpaired) electrons. The van der Waals surface area contributed by atoms with Crippen LogP contribution < -0.4 is 0 Å². The zero-order valence-electron chi connectivity index (χ0n) is 9.58. The van der Waals surface area contributed by atoms with Crippen LogP contribution in [0.2, 0.25) is 0 Å². The highest BCUT2D eigenvalue weighted by molar-refractivity contribution is 4.82. The van der Waals surface area contributed by atoms with Gasteiger partial charge in [-0.1, -0.05) is 6.42 Å². The van der Waals surface area contributed by atoms with E-state index in [1.54, 1.807) is 0 Å². The van der Waals surface area contributed by atoms with Crippen LogP contribution in [0.3, 0.4) is 0 Å². The van der Waals surface area contributed by atoms with Gasteiger partial charge < -0.3 is 14.7 Å². The molecule has 1 atom stereocenters. The summed E-state index contributed by atoms with van der Waals surface area (Å²) in [5.74, 6) is 0. The lowest BCUT2D eigenvalue weighted by atomic mass is 9.92. The highest BCUT2D eigenvalue weighted by Crippen LogP contribution is 2.23. The maximum absolute atomic E-state index is 10.3. The summed E-state index contributed by atoms with van der Waals surface area (Å²) in [6, 6.07) is 0. The Morgan fingerprint density at radius 1 is 1.13 bits per heavy atom. The predicted octanol–water partition coefficient (Wildman–Crippen LogP) is 1.40. The van der Waals surface area contributed by atoms with Crippen molar-refractivity contribution in [3.8, 4) is 0 Å². The molecule has 1 N–H and O–H groups in total. The molecule has 0 aliphatic carbocycles. The van der Waals surface area contributed by atoms with Gasteiger partial charge in [-0.05, 0) is 45.2 Å². The number of rotatable bonds is 3. The van der Waals surface area contributed by atoms with Crippen LogP contribution in [0.1, 0.15) is 38.5 Å². The van der Waals surface area contributed by atoms with Crippen molar-refractivity contribution in [3.05, 3.63) is 0 Å². The Hall–Kier alpha value is -0.120. The van der Waals surface area contributed by atoms with Crippen molar-refractivity contribution in [3.63, 3.8) is 0 Å². The molecule has 2 aliphatic rings. The molecule has 0 amide bonds. The first-order valence-corrected chi connectivity index (χ1v) is 6.31. The molecule has 15 heavy (non-hydrogen) atoms. The third-order valence-electron chi connectivity index (χ3n) is 3.64. The maximum atomic E-state index is 10.3. The normalized spacial score (nSPS) is 34.2. The molecule has 88 valence electrons. The minimum atomic E-state index is -0.532. The summed E-state index contributed by atoms with van der Waals surface area (Å²) in [5.41, 5.74) is -0.532. The topological polar surface area (TPSA) is 32.7 Å². The summed E-state index contributed by atoms with van der Waals surface area (Å²) in [6.07, 6.45) is 6.85. The third kappa shape index (κ3) is 3.44. The molecule has 0 spiro atoms. The second-order valence-electron chi connectivity index (χ2n) is 5.03. The van der Waals surface area contributed by atoms with Crippen LogP contribution in [0.5, 0.6) is 0 Å². The van der Waals surface area contributed by atoms with Gasteiger partial charge in [0.25, 0.3) is 0 Å². The second kappa shape index (κ2) is 5.28. The zero-order chi connectivity index (χ0) is 10.6. The Kier molecular flexibility index (Phi) is 4.00. The highest BCUT2D eigenvalue weighted by Gasteiger charge is 2.30. The van der Waals surface area contributed by atoms with Crippen molar-refractivity contribution in [2.24, 2.45) is 0 Å². The number of hydrogen-bond donors (Lipinski definition) is 1. The number of nitrogens with zero attached hydrogens (tertiary/aromatic N) is 1. The van der Waals surface area contributed by atoms with Crippen LogP contribution >= 0.6 is 0 Å². The number of likely N-dealkylation sites (tertiary alicyclic amines) is 1. The number of aliphatic hydroxyl groups is 1. The van der Waals surface area contributed by atoms with E-state index in [0.29, 0.717) is 6.61 Å². The van der Waals surface area contributed by atoms with Crippen molar-refractivity contribution in [2.75, 3.05) is 32.8 Å². The minimum Gasteiger partial charge on any atom is -0.387 e. The zero-order valence-corrected chi connectivity index (χ0v) is 9.58. The first kappa shape index (κ1) is 11.4. The fourth-order valence-electron chi connectivity index (χ4n) is 2.58. The molecule has 0 aromatic heterocycles. The Morgan fingerprint density at radius 2 is 1.93 bits per heavy atom. The highest BCUT2D eigenvalue weighted by atomic mass is 16.5. The largest absolute Gasteiger partial charge is 0.387 e. The Balaban J connectivity index is 1.70. The maximum Gasteiger partial charge on any atom is 0.0893 e. The van der Waals surface area contributed by atoms with Gasteiger partial charge in [0.05, 0.1) is 12.2 Å². The van der Waals surface area contributed by atoms with Gasteiger partial charge in [0.2, 0.25) is 0 Å². The molecule has 2 aliphatic heterocycles. The van der Waals surface area contributed by atoms with Gasteiger partial charge in [-0.3, -0.25) is 0 Å². The molecule has 3 nitrogen and oxygen atoms in total. The van der Waals surface area contributed by atoms with Crippen molar-refractivity contribution in [1.82, 2.24) is 4.90 Å². The molecule has 2 rings (SSSR count). The predicted molar refractivity (Wildman–Crippen MR) is 59.9 cm³/mol. The van der Waals surface area contributed by atoms with Crippen molar-refractivity contribution in [1.29, 1.82) is 0 Å². The molecule has 2 saturated heterocycles. The van der Waals surface area contributed by atoms with E-state index in [9.17, 15) is 5.11 Å². The van der Waals surface area contributed by atoms with Crippen LogP contribution in [-0.2, 0) is 4.74 Å². The average Bonchev–Trinajstić information content (AvgIpc) is 2.29. The molecule has 0 aromatic rings. The number of piperidine rings is 1. The van der Waals surface area contributed by atoms with Crippen LogP contribution in [0.25, 0.3) is 0 Å². The Bertz CT molecular complexity index is 184. The van der Waals surface area contributed by atoms with Gasteiger partial charge in [-0.25, -0.2) is 0 Å². The van der Waals surface area contributed by atoms with E-state index < -0.39 is 5.60 Å². The van der Waals surface area contributed by atoms with Gasteiger partial charge >= 0.3 is 0 Å². The van der Waals surface area contributed by atoms with Gasteiger partial charge in [0.1, 0.15) is 0 Å². The van der Waals surface area contributed by atoms with E-state index in [1.807, 2.05) is 0 Å². The van der Waals surface area contributed by atoms with Crippen molar-refractivity contribution in [2.45, 2.75) is 44.1 Å².